The molecule has 19 heavy (non-hydrogen) atoms. The van der Waals surface area contributed by atoms with Crippen LogP contribution in [0.2, 0.25) is 0 Å². The summed E-state index contributed by atoms with van der Waals surface area (Å²) < 4.78 is 4.56. The zero-order valence-corrected chi connectivity index (χ0v) is 13.9. The van der Waals surface area contributed by atoms with Gasteiger partial charge in [-0.1, -0.05) is 45.8 Å². The summed E-state index contributed by atoms with van der Waals surface area (Å²) in [4.78, 5) is 1.34. The first-order chi connectivity index (χ1) is 9.06. The monoisotopic (exact) mass is 335 g/mol. The predicted molar refractivity (Wildman–Crippen MR) is 87.5 cm³/mol. The minimum atomic E-state index is 0.866. The number of hydrogen-bond donors (Lipinski definition) is 1. The van der Waals surface area contributed by atoms with Gasteiger partial charge in [0.15, 0.2) is 0 Å². The lowest BCUT2D eigenvalue weighted by Crippen LogP contribution is -2.04. The van der Waals surface area contributed by atoms with E-state index in [1.807, 2.05) is 0 Å². The van der Waals surface area contributed by atoms with E-state index in [4.69, 9.17) is 0 Å². The topological polar surface area (TPSA) is 12.0 Å². The Kier molecular flexibility index (Phi) is 5.08. The average molecular weight is 336 g/mol. The third-order valence-electron chi connectivity index (χ3n) is 2.97. The second-order valence-electron chi connectivity index (χ2n) is 4.78. The summed E-state index contributed by atoms with van der Waals surface area (Å²) in [5, 5.41) is 0. The first-order valence-electron chi connectivity index (χ1n) is 6.28. The number of nitrogens with one attached hydrogen (secondary N) is 1. The maximum absolute atomic E-state index is 3.45. The Balaban J connectivity index is 1.98. The van der Waals surface area contributed by atoms with Crippen LogP contribution < -0.4 is 4.72 Å². The van der Waals surface area contributed by atoms with E-state index in [1.54, 1.807) is 11.9 Å². The molecule has 2 aromatic rings. The minimum Gasteiger partial charge on any atom is -0.255 e. The molecular formula is C16H18BrNS. The Hall–Kier alpha value is -0.770. The zero-order valence-electron chi connectivity index (χ0n) is 11.5. The first kappa shape index (κ1) is 14.6. The number of benzene rings is 2. The maximum atomic E-state index is 3.45. The van der Waals surface area contributed by atoms with Crippen molar-refractivity contribution in [1.29, 1.82) is 0 Å². The van der Waals surface area contributed by atoms with Crippen molar-refractivity contribution in [2.24, 2.45) is 0 Å². The number of aryl methyl sites for hydroxylation is 3. The Morgan fingerprint density at radius 3 is 2.16 bits per heavy atom. The lowest BCUT2D eigenvalue weighted by atomic mass is 10.1. The van der Waals surface area contributed by atoms with Crippen LogP contribution >= 0.6 is 27.9 Å². The standard InChI is InChI=1S/C16H18BrNS/c1-11-8-12(2)16(13(3)9-11)19-18-10-14-4-6-15(17)7-5-14/h4-9,18H,10H2,1-3H3. The van der Waals surface area contributed by atoms with Crippen LogP contribution in [0.25, 0.3) is 0 Å². The lowest BCUT2D eigenvalue weighted by molar-refractivity contribution is 0.971. The molecule has 0 saturated carbocycles. The molecule has 100 valence electrons. The molecule has 0 radical (unpaired) electrons. The fourth-order valence-electron chi connectivity index (χ4n) is 2.12. The highest BCUT2D eigenvalue weighted by atomic mass is 79.9. The molecule has 0 bridgehead atoms. The van der Waals surface area contributed by atoms with Gasteiger partial charge in [-0.15, -0.1) is 0 Å². The largest absolute Gasteiger partial charge is 0.255 e. The molecular weight excluding hydrogens is 318 g/mol. The van der Waals surface area contributed by atoms with E-state index >= 15 is 0 Å². The van der Waals surface area contributed by atoms with Crippen LogP contribution in [0, 0.1) is 20.8 Å². The minimum absolute atomic E-state index is 0.866. The molecule has 3 heteroatoms. The SMILES string of the molecule is Cc1cc(C)c(SNCc2ccc(Br)cc2)c(C)c1. The van der Waals surface area contributed by atoms with Crippen molar-refractivity contribution in [3.8, 4) is 0 Å². The Bertz CT molecular complexity index is 540. The molecule has 1 nitrogen and oxygen atoms in total. The molecule has 0 unspecified atom stereocenters. The van der Waals surface area contributed by atoms with Gasteiger partial charge >= 0.3 is 0 Å². The van der Waals surface area contributed by atoms with E-state index in [0.717, 1.165) is 11.0 Å². The van der Waals surface area contributed by atoms with Gasteiger partial charge in [0.25, 0.3) is 0 Å². The first-order valence-corrected chi connectivity index (χ1v) is 7.89. The Morgan fingerprint density at radius 1 is 1.00 bits per heavy atom. The van der Waals surface area contributed by atoms with Gasteiger partial charge in [0.1, 0.15) is 0 Å². The molecule has 0 aliphatic rings. The summed E-state index contributed by atoms with van der Waals surface area (Å²) in [5.74, 6) is 0. The quantitative estimate of drug-likeness (QED) is 0.773. The Labute approximate surface area is 128 Å². The molecule has 1 N–H and O–H groups in total. The van der Waals surface area contributed by atoms with Crippen molar-refractivity contribution in [3.63, 3.8) is 0 Å². The van der Waals surface area contributed by atoms with E-state index in [9.17, 15) is 0 Å². The Morgan fingerprint density at radius 2 is 1.58 bits per heavy atom. The molecule has 0 heterocycles. The van der Waals surface area contributed by atoms with Crippen molar-refractivity contribution in [2.45, 2.75) is 32.2 Å². The second-order valence-corrected chi connectivity index (χ2v) is 6.59. The van der Waals surface area contributed by atoms with E-state index in [0.29, 0.717) is 0 Å². The average Bonchev–Trinajstić information content (AvgIpc) is 2.34. The van der Waals surface area contributed by atoms with Gasteiger partial charge in [0.05, 0.1) is 0 Å². The molecule has 2 aromatic carbocycles. The van der Waals surface area contributed by atoms with Crippen LogP contribution in [0.3, 0.4) is 0 Å². The molecule has 0 aliphatic carbocycles. The van der Waals surface area contributed by atoms with Gasteiger partial charge in [0, 0.05) is 15.9 Å². The van der Waals surface area contributed by atoms with E-state index in [-0.39, 0.29) is 0 Å². The second kappa shape index (κ2) is 6.60. The number of rotatable bonds is 4. The third kappa shape index (κ3) is 4.10. The maximum Gasteiger partial charge on any atom is 0.0313 e. The molecule has 0 saturated heterocycles. The van der Waals surface area contributed by atoms with Gasteiger partial charge in [-0.2, -0.15) is 0 Å². The van der Waals surface area contributed by atoms with E-state index in [1.165, 1.54) is 27.1 Å². The van der Waals surface area contributed by atoms with E-state index in [2.05, 4.69) is 77.8 Å². The van der Waals surface area contributed by atoms with Gasteiger partial charge < -0.3 is 0 Å². The van der Waals surface area contributed by atoms with Crippen LogP contribution in [0.15, 0.2) is 45.8 Å². The highest BCUT2D eigenvalue weighted by Gasteiger charge is 2.04. The summed E-state index contributed by atoms with van der Waals surface area (Å²) in [5.41, 5.74) is 5.29. The van der Waals surface area contributed by atoms with Gasteiger partial charge in [0.2, 0.25) is 0 Å². The molecule has 0 spiro atoms. The van der Waals surface area contributed by atoms with Gasteiger partial charge in [-0.05, 0) is 61.5 Å². The molecule has 0 amide bonds. The van der Waals surface area contributed by atoms with Crippen molar-refractivity contribution in [1.82, 2.24) is 4.72 Å². The molecule has 0 fully saturated rings. The van der Waals surface area contributed by atoms with Crippen molar-refractivity contribution in [2.75, 3.05) is 0 Å². The number of halogens is 1. The normalized spacial score (nSPS) is 10.7. The smallest absolute Gasteiger partial charge is 0.0313 e. The molecule has 0 atom stereocenters. The van der Waals surface area contributed by atoms with Gasteiger partial charge in [-0.25, -0.2) is 0 Å². The van der Waals surface area contributed by atoms with Crippen molar-refractivity contribution < 1.29 is 0 Å². The fourth-order valence-corrected chi connectivity index (χ4v) is 3.21. The lowest BCUT2D eigenvalue weighted by Gasteiger charge is -2.11. The molecule has 2 rings (SSSR count). The van der Waals surface area contributed by atoms with Crippen LogP contribution in [-0.4, -0.2) is 0 Å². The van der Waals surface area contributed by atoms with Crippen molar-refractivity contribution >= 4 is 27.9 Å². The summed E-state index contributed by atoms with van der Waals surface area (Å²) in [6.07, 6.45) is 0. The van der Waals surface area contributed by atoms with Crippen molar-refractivity contribution in [3.05, 3.63) is 63.1 Å². The van der Waals surface area contributed by atoms with E-state index < -0.39 is 0 Å². The summed E-state index contributed by atoms with van der Waals surface area (Å²) in [6.45, 7) is 7.35. The highest BCUT2D eigenvalue weighted by molar-refractivity contribution is 9.10. The van der Waals surface area contributed by atoms with Gasteiger partial charge in [-0.3, -0.25) is 4.72 Å². The van der Waals surface area contributed by atoms with Crippen LogP contribution in [0.5, 0.6) is 0 Å². The fraction of sp³-hybridized carbons (Fsp3) is 0.250. The van der Waals surface area contributed by atoms with Crippen LogP contribution in [0.4, 0.5) is 0 Å². The summed E-state index contributed by atoms with van der Waals surface area (Å²) >= 11 is 5.17. The number of hydrogen-bond acceptors (Lipinski definition) is 2. The molecule has 0 aromatic heterocycles. The van der Waals surface area contributed by atoms with Crippen LogP contribution in [-0.2, 0) is 6.54 Å². The third-order valence-corrected chi connectivity index (χ3v) is 4.63. The molecule has 0 aliphatic heterocycles. The predicted octanol–water partition coefficient (Wildman–Crippen LogP) is 5.17. The highest BCUT2D eigenvalue weighted by Crippen LogP contribution is 2.25. The summed E-state index contributed by atoms with van der Waals surface area (Å²) in [6, 6.07) is 12.9. The zero-order chi connectivity index (χ0) is 13.8. The summed E-state index contributed by atoms with van der Waals surface area (Å²) in [7, 11) is 0. The van der Waals surface area contributed by atoms with Crippen LogP contribution in [0.1, 0.15) is 22.3 Å².